The van der Waals surface area contributed by atoms with Crippen molar-refractivity contribution in [2.24, 2.45) is 0 Å². The molecule has 0 saturated heterocycles. The number of rotatable bonds is 4. The third-order valence-electron chi connectivity index (χ3n) is 2.76. The molecular weight excluding hydrogens is 380 g/mol. The minimum absolute atomic E-state index is 0.160. The summed E-state index contributed by atoms with van der Waals surface area (Å²) < 4.78 is 48.2. The minimum atomic E-state index is -4.66. The second-order valence-electron chi connectivity index (χ2n) is 4.29. The maximum atomic E-state index is 12.4. The van der Waals surface area contributed by atoms with E-state index in [2.05, 4.69) is 21.2 Å². The lowest BCUT2D eigenvalue weighted by molar-refractivity contribution is 0.102. The number of sulfone groups is 1. The fraction of sp³-hybridized carbons (Fsp3) is 0.0714. The Hall–Kier alpha value is -1.80. The Kier molecular flexibility index (Phi) is 4.92. The number of halogens is 3. The van der Waals surface area contributed by atoms with Gasteiger partial charge in [-0.05, 0) is 42.5 Å². The van der Waals surface area contributed by atoms with Crippen LogP contribution in [0, 0.1) is 0 Å². The van der Waals surface area contributed by atoms with E-state index in [0.717, 1.165) is 16.6 Å². The quantitative estimate of drug-likeness (QED) is 0.866. The van der Waals surface area contributed by atoms with Gasteiger partial charge >= 0.3 is 5.76 Å². The van der Waals surface area contributed by atoms with E-state index in [0.29, 0.717) is 5.69 Å². The lowest BCUT2D eigenvalue weighted by Crippen LogP contribution is -2.14. The number of amides is 1. The average Bonchev–Trinajstić information content (AvgIpc) is 2.47. The van der Waals surface area contributed by atoms with Crippen molar-refractivity contribution in [1.29, 1.82) is 0 Å². The smallest absolute Gasteiger partial charge is 0.322 e. The topological polar surface area (TPSA) is 63.2 Å². The maximum Gasteiger partial charge on any atom is 0.341 e. The molecule has 0 saturated carbocycles. The van der Waals surface area contributed by atoms with Crippen LogP contribution in [0.2, 0.25) is 0 Å². The molecule has 116 valence electrons. The van der Waals surface area contributed by atoms with Gasteiger partial charge in [0.25, 0.3) is 5.91 Å². The molecule has 0 fully saturated rings. The van der Waals surface area contributed by atoms with Gasteiger partial charge in [-0.2, -0.15) is 8.78 Å². The van der Waals surface area contributed by atoms with Crippen LogP contribution < -0.4 is 5.32 Å². The summed E-state index contributed by atoms with van der Waals surface area (Å²) in [7, 11) is -4.66. The number of carbonyl (C=O) groups is 1. The van der Waals surface area contributed by atoms with Gasteiger partial charge in [0.1, 0.15) is 0 Å². The molecule has 2 aromatic rings. The summed E-state index contributed by atoms with van der Waals surface area (Å²) in [6.07, 6.45) is 0. The standard InChI is InChI=1S/C14H10BrF2NO3S/c15-10-2-1-3-11(8-10)18-13(19)9-4-6-12(7-5-9)22(20,21)14(16)17/h1-8,14H,(H,18,19). The highest BCUT2D eigenvalue weighted by Gasteiger charge is 2.26. The fourth-order valence-electron chi connectivity index (χ4n) is 1.67. The molecule has 0 atom stereocenters. The lowest BCUT2D eigenvalue weighted by atomic mass is 10.2. The zero-order valence-electron chi connectivity index (χ0n) is 11.0. The molecule has 0 radical (unpaired) electrons. The van der Waals surface area contributed by atoms with Crippen molar-refractivity contribution in [3.63, 3.8) is 0 Å². The van der Waals surface area contributed by atoms with Gasteiger partial charge in [0, 0.05) is 15.7 Å². The Morgan fingerprint density at radius 3 is 2.27 bits per heavy atom. The first-order chi connectivity index (χ1) is 10.3. The van der Waals surface area contributed by atoms with Crippen LogP contribution >= 0.6 is 15.9 Å². The van der Waals surface area contributed by atoms with Crippen molar-refractivity contribution in [3.05, 3.63) is 58.6 Å². The number of carbonyl (C=O) groups excluding carboxylic acids is 1. The van der Waals surface area contributed by atoms with Crippen LogP contribution in [0.1, 0.15) is 10.4 Å². The van der Waals surface area contributed by atoms with Gasteiger partial charge in [0.05, 0.1) is 4.90 Å². The minimum Gasteiger partial charge on any atom is -0.322 e. The lowest BCUT2D eigenvalue weighted by Gasteiger charge is -2.07. The summed E-state index contributed by atoms with van der Waals surface area (Å²) in [5.41, 5.74) is 0.705. The molecule has 22 heavy (non-hydrogen) atoms. The third kappa shape index (κ3) is 3.69. The summed E-state index contributed by atoms with van der Waals surface area (Å²) >= 11 is 3.26. The number of nitrogens with one attached hydrogen (secondary N) is 1. The molecule has 0 aromatic heterocycles. The Morgan fingerprint density at radius 2 is 1.73 bits per heavy atom. The molecule has 4 nitrogen and oxygen atoms in total. The first kappa shape index (κ1) is 16.6. The van der Waals surface area contributed by atoms with Crippen molar-refractivity contribution < 1.29 is 22.0 Å². The SMILES string of the molecule is O=C(Nc1cccc(Br)c1)c1ccc(S(=O)(=O)C(F)F)cc1. The highest BCUT2D eigenvalue weighted by molar-refractivity contribution is 9.10. The van der Waals surface area contributed by atoms with E-state index < -0.39 is 26.4 Å². The molecule has 0 spiro atoms. The largest absolute Gasteiger partial charge is 0.341 e. The highest BCUT2D eigenvalue weighted by Crippen LogP contribution is 2.20. The van der Waals surface area contributed by atoms with Crippen LogP contribution in [0.25, 0.3) is 0 Å². The summed E-state index contributed by atoms with van der Waals surface area (Å²) in [5, 5.41) is 2.61. The molecule has 0 aliphatic carbocycles. The molecule has 0 heterocycles. The first-order valence-electron chi connectivity index (χ1n) is 6.00. The van der Waals surface area contributed by atoms with E-state index >= 15 is 0 Å². The summed E-state index contributed by atoms with van der Waals surface area (Å²) in [4.78, 5) is 11.5. The molecule has 0 bridgehead atoms. The monoisotopic (exact) mass is 389 g/mol. The second kappa shape index (κ2) is 6.53. The van der Waals surface area contributed by atoms with Gasteiger partial charge in [-0.3, -0.25) is 4.79 Å². The van der Waals surface area contributed by atoms with Crippen LogP contribution in [0.15, 0.2) is 57.9 Å². The first-order valence-corrected chi connectivity index (χ1v) is 8.33. The van der Waals surface area contributed by atoms with Crippen LogP contribution in [0.4, 0.5) is 14.5 Å². The van der Waals surface area contributed by atoms with Gasteiger partial charge in [0.2, 0.25) is 9.84 Å². The molecule has 2 rings (SSSR count). The van der Waals surface area contributed by atoms with Gasteiger partial charge in [0.15, 0.2) is 0 Å². The predicted molar refractivity (Wildman–Crippen MR) is 81.7 cm³/mol. The Morgan fingerprint density at radius 1 is 1.09 bits per heavy atom. The molecule has 1 amide bonds. The van der Waals surface area contributed by atoms with Crippen molar-refractivity contribution in [3.8, 4) is 0 Å². The van der Waals surface area contributed by atoms with Gasteiger partial charge in [-0.25, -0.2) is 8.42 Å². The van der Waals surface area contributed by atoms with Crippen molar-refractivity contribution >= 4 is 37.4 Å². The van der Waals surface area contributed by atoms with E-state index in [9.17, 15) is 22.0 Å². The molecule has 2 aromatic carbocycles. The highest BCUT2D eigenvalue weighted by atomic mass is 79.9. The second-order valence-corrected chi connectivity index (χ2v) is 7.13. The van der Waals surface area contributed by atoms with E-state index in [1.165, 1.54) is 12.1 Å². The molecule has 1 N–H and O–H groups in total. The average molecular weight is 390 g/mol. The number of hydrogen-bond acceptors (Lipinski definition) is 3. The van der Waals surface area contributed by atoms with Gasteiger partial charge in [-0.15, -0.1) is 0 Å². The normalized spacial score (nSPS) is 11.5. The van der Waals surface area contributed by atoms with Gasteiger partial charge in [-0.1, -0.05) is 22.0 Å². The maximum absolute atomic E-state index is 12.4. The van der Waals surface area contributed by atoms with E-state index in [4.69, 9.17) is 0 Å². The number of alkyl halides is 2. The van der Waals surface area contributed by atoms with Crippen molar-refractivity contribution in [2.75, 3.05) is 5.32 Å². The Balaban J connectivity index is 2.19. The summed E-state index contributed by atoms with van der Waals surface area (Å²) in [5.74, 6) is -3.96. The van der Waals surface area contributed by atoms with Crippen LogP contribution in [0.5, 0.6) is 0 Å². The Bertz CT molecular complexity index is 792. The number of hydrogen-bond donors (Lipinski definition) is 1. The summed E-state index contributed by atoms with van der Waals surface area (Å²) in [6.45, 7) is 0. The molecular formula is C14H10BrF2NO3S. The van der Waals surface area contributed by atoms with E-state index in [1.807, 2.05) is 0 Å². The third-order valence-corrected chi connectivity index (χ3v) is 4.65. The molecule has 0 aliphatic rings. The van der Waals surface area contributed by atoms with E-state index in [1.54, 1.807) is 24.3 Å². The van der Waals surface area contributed by atoms with Crippen molar-refractivity contribution in [1.82, 2.24) is 0 Å². The Labute approximate surface area is 134 Å². The number of anilines is 1. The fourth-order valence-corrected chi connectivity index (χ4v) is 2.79. The molecule has 8 heteroatoms. The van der Waals surface area contributed by atoms with E-state index in [-0.39, 0.29) is 5.56 Å². The molecule has 0 unspecified atom stereocenters. The van der Waals surface area contributed by atoms with Gasteiger partial charge < -0.3 is 5.32 Å². The van der Waals surface area contributed by atoms with Crippen LogP contribution in [-0.4, -0.2) is 20.1 Å². The number of benzene rings is 2. The van der Waals surface area contributed by atoms with Crippen molar-refractivity contribution in [2.45, 2.75) is 10.7 Å². The zero-order chi connectivity index (χ0) is 16.3. The predicted octanol–water partition coefficient (Wildman–Crippen LogP) is 3.70. The summed E-state index contributed by atoms with van der Waals surface area (Å²) in [6, 6.07) is 11.2. The zero-order valence-corrected chi connectivity index (χ0v) is 13.4. The van der Waals surface area contributed by atoms with Crippen LogP contribution in [0.3, 0.4) is 0 Å². The molecule has 0 aliphatic heterocycles. The van der Waals surface area contributed by atoms with Crippen LogP contribution in [-0.2, 0) is 9.84 Å².